The molecule has 1 unspecified atom stereocenters. The van der Waals surface area contributed by atoms with E-state index in [4.69, 9.17) is 0 Å². The third-order valence-electron chi connectivity index (χ3n) is 3.16. The lowest BCUT2D eigenvalue weighted by atomic mass is 9.88. The van der Waals surface area contributed by atoms with Crippen molar-refractivity contribution >= 4 is 0 Å². The van der Waals surface area contributed by atoms with Crippen LogP contribution in [0, 0.1) is 0 Å². The van der Waals surface area contributed by atoms with Crippen LogP contribution in [0.25, 0.3) is 0 Å². The molecule has 0 radical (unpaired) electrons. The van der Waals surface area contributed by atoms with Crippen LogP contribution in [-0.4, -0.2) is 34.2 Å². The second-order valence-corrected chi connectivity index (χ2v) is 5.27. The highest BCUT2D eigenvalue weighted by Crippen LogP contribution is 2.28. The first-order valence-corrected chi connectivity index (χ1v) is 5.35. The molecule has 78 valence electrons. The van der Waals surface area contributed by atoms with Gasteiger partial charge in [0, 0.05) is 12.1 Å². The van der Waals surface area contributed by atoms with Crippen LogP contribution in [0.15, 0.2) is 0 Å². The van der Waals surface area contributed by atoms with Gasteiger partial charge in [-0.2, -0.15) is 0 Å². The van der Waals surface area contributed by atoms with Gasteiger partial charge in [-0.15, -0.1) is 0 Å². The minimum Gasteiger partial charge on any atom is -0.389 e. The van der Waals surface area contributed by atoms with Crippen molar-refractivity contribution in [3.05, 3.63) is 0 Å². The summed E-state index contributed by atoms with van der Waals surface area (Å²) >= 11 is 0. The fraction of sp³-hybridized carbons (Fsp3) is 1.00. The van der Waals surface area contributed by atoms with E-state index >= 15 is 0 Å². The molecular formula is C11H23NO. The first-order valence-electron chi connectivity index (χ1n) is 5.35. The van der Waals surface area contributed by atoms with Crippen molar-refractivity contribution in [3.8, 4) is 0 Å². The topological polar surface area (TPSA) is 23.5 Å². The Kier molecular flexibility index (Phi) is 3.03. The zero-order valence-electron chi connectivity index (χ0n) is 9.43. The van der Waals surface area contributed by atoms with Crippen LogP contribution in [0.5, 0.6) is 0 Å². The Hall–Kier alpha value is -0.0800. The van der Waals surface area contributed by atoms with Gasteiger partial charge < -0.3 is 5.11 Å². The van der Waals surface area contributed by atoms with E-state index in [2.05, 4.69) is 32.6 Å². The average Bonchev–Trinajstić information content (AvgIpc) is 2.03. The fourth-order valence-corrected chi connectivity index (χ4v) is 1.97. The van der Waals surface area contributed by atoms with E-state index in [1.54, 1.807) is 0 Å². The van der Waals surface area contributed by atoms with Gasteiger partial charge in [-0.1, -0.05) is 6.92 Å². The lowest BCUT2D eigenvalue weighted by Crippen LogP contribution is -2.54. The molecule has 1 N–H and O–H groups in total. The maximum Gasteiger partial charge on any atom is 0.0772 e. The highest BCUT2D eigenvalue weighted by atomic mass is 16.3. The summed E-state index contributed by atoms with van der Waals surface area (Å²) in [6.45, 7) is 10.7. The molecule has 1 saturated heterocycles. The summed E-state index contributed by atoms with van der Waals surface area (Å²) in [7, 11) is 0. The first kappa shape index (κ1) is 11.0. The molecule has 1 atom stereocenters. The predicted octanol–water partition coefficient (Wildman–Crippen LogP) is 2.02. The van der Waals surface area contributed by atoms with E-state index in [-0.39, 0.29) is 5.54 Å². The van der Waals surface area contributed by atoms with Gasteiger partial charge in [-0.3, -0.25) is 4.90 Å². The predicted molar refractivity (Wildman–Crippen MR) is 55.8 cm³/mol. The molecule has 1 fully saturated rings. The molecule has 1 heterocycles. The van der Waals surface area contributed by atoms with Crippen molar-refractivity contribution in [2.75, 3.05) is 13.1 Å². The Morgan fingerprint density at radius 2 is 2.00 bits per heavy atom. The highest BCUT2D eigenvalue weighted by Gasteiger charge is 2.35. The van der Waals surface area contributed by atoms with Crippen molar-refractivity contribution in [2.24, 2.45) is 0 Å². The number of β-amino-alcohol motifs (C(OH)–C–C–N with tert-alkyl or cyclic N) is 1. The number of hydrogen-bond donors (Lipinski definition) is 1. The van der Waals surface area contributed by atoms with Crippen LogP contribution < -0.4 is 0 Å². The van der Waals surface area contributed by atoms with Crippen molar-refractivity contribution in [3.63, 3.8) is 0 Å². The van der Waals surface area contributed by atoms with Crippen molar-refractivity contribution in [1.29, 1.82) is 0 Å². The fourth-order valence-electron chi connectivity index (χ4n) is 1.97. The minimum atomic E-state index is -0.425. The summed E-state index contributed by atoms with van der Waals surface area (Å²) in [5.74, 6) is 0. The second-order valence-electron chi connectivity index (χ2n) is 5.27. The molecule has 0 spiro atoms. The SMILES string of the molecule is CCC1(O)CCCN(C(C)(C)C)C1. The zero-order chi connectivity index (χ0) is 10.1. The van der Waals surface area contributed by atoms with Gasteiger partial charge in [0.05, 0.1) is 5.60 Å². The summed E-state index contributed by atoms with van der Waals surface area (Å²) in [6.07, 6.45) is 2.97. The molecule has 2 nitrogen and oxygen atoms in total. The number of piperidine rings is 1. The summed E-state index contributed by atoms with van der Waals surface area (Å²) in [6, 6.07) is 0. The lowest BCUT2D eigenvalue weighted by molar-refractivity contribution is -0.0592. The van der Waals surface area contributed by atoms with E-state index in [1.165, 1.54) is 0 Å². The van der Waals surface area contributed by atoms with Gasteiger partial charge in [0.15, 0.2) is 0 Å². The smallest absolute Gasteiger partial charge is 0.0772 e. The zero-order valence-corrected chi connectivity index (χ0v) is 9.43. The molecule has 0 aromatic heterocycles. The van der Waals surface area contributed by atoms with Gasteiger partial charge in [-0.05, 0) is 46.6 Å². The van der Waals surface area contributed by atoms with Crippen molar-refractivity contribution in [2.45, 2.75) is 58.1 Å². The van der Waals surface area contributed by atoms with Crippen LogP contribution in [-0.2, 0) is 0 Å². The Balaban J connectivity index is 2.62. The largest absolute Gasteiger partial charge is 0.389 e. The molecular weight excluding hydrogens is 162 g/mol. The quantitative estimate of drug-likeness (QED) is 0.675. The van der Waals surface area contributed by atoms with Crippen LogP contribution in [0.3, 0.4) is 0 Å². The van der Waals surface area contributed by atoms with E-state index in [0.717, 1.165) is 32.4 Å². The third-order valence-corrected chi connectivity index (χ3v) is 3.16. The van der Waals surface area contributed by atoms with E-state index < -0.39 is 5.60 Å². The molecule has 0 aliphatic carbocycles. The molecule has 0 amide bonds. The molecule has 0 bridgehead atoms. The average molecular weight is 185 g/mol. The number of hydrogen-bond acceptors (Lipinski definition) is 2. The maximum atomic E-state index is 10.2. The van der Waals surface area contributed by atoms with E-state index in [0.29, 0.717) is 0 Å². The van der Waals surface area contributed by atoms with E-state index in [9.17, 15) is 5.11 Å². The normalized spacial score (nSPS) is 32.1. The molecule has 0 aromatic carbocycles. The number of nitrogens with zero attached hydrogens (tertiary/aromatic N) is 1. The monoisotopic (exact) mass is 185 g/mol. The van der Waals surface area contributed by atoms with Crippen LogP contribution in [0.4, 0.5) is 0 Å². The van der Waals surface area contributed by atoms with Gasteiger partial charge in [0.1, 0.15) is 0 Å². The molecule has 0 saturated carbocycles. The number of rotatable bonds is 1. The molecule has 1 aliphatic rings. The van der Waals surface area contributed by atoms with Gasteiger partial charge in [0.2, 0.25) is 0 Å². The van der Waals surface area contributed by atoms with E-state index in [1.807, 2.05) is 0 Å². The summed E-state index contributed by atoms with van der Waals surface area (Å²) in [4.78, 5) is 2.39. The summed E-state index contributed by atoms with van der Waals surface area (Å²) in [5.41, 5.74) is -0.227. The molecule has 1 rings (SSSR count). The van der Waals surface area contributed by atoms with Crippen LogP contribution in [0.1, 0.15) is 47.0 Å². The van der Waals surface area contributed by atoms with Gasteiger partial charge in [-0.25, -0.2) is 0 Å². The second kappa shape index (κ2) is 3.58. The number of likely N-dealkylation sites (tertiary alicyclic amines) is 1. The Morgan fingerprint density at radius 1 is 1.38 bits per heavy atom. The first-order chi connectivity index (χ1) is 5.87. The number of aliphatic hydroxyl groups is 1. The minimum absolute atomic E-state index is 0.198. The maximum absolute atomic E-state index is 10.2. The summed E-state index contributed by atoms with van der Waals surface area (Å²) < 4.78 is 0. The third kappa shape index (κ3) is 2.68. The Morgan fingerprint density at radius 3 is 2.46 bits per heavy atom. The van der Waals surface area contributed by atoms with Crippen LogP contribution in [0.2, 0.25) is 0 Å². The Labute approximate surface area is 81.9 Å². The van der Waals surface area contributed by atoms with Crippen LogP contribution >= 0.6 is 0 Å². The van der Waals surface area contributed by atoms with Crippen molar-refractivity contribution < 1.29 is 5.11 Å². The van der Waals surface area contributed by atoms with Gasteiger partial charge in [0.25, 0.3) is 0 Å². The highest BCUT2D eigenvalue weighted by molar-refractivity contribution is 4.90. The lowest BCUT2D eigenvalue weighted by Gasteiger charge is -2.45. The van der Waals surface area contributed by atoms with Crippen molar-refractivity contribution in [1.82, 2.24) is 4.90 Å². The Bertz CT molecular complexity index is 173. The standard InChI is InChI=1S/C11H23NO/c1-5-11(13)7-6-8-12(9-11)10(2,3)4/h13H,5-9H2,1-4H3. The summed E-state index contributed by atoms with van der Waals surface area (Å²) in [5, 5.41) is 10.2. The molecule has 13 heavy (non-hydrogen) atoms. The van der Waals surface area contributed by atoms with Gasteiger partial charge >= 0.3 is 0 Å². The molecule has 0 aromatic rings. The molecule has 1 aliphatic heterocycles. The molecule has 2 heteroatoms.